The third kappa shape index (κ3) is 4.68. The summed E-state index contributed by atoms with van der Waals surface area (Å²) in [6.45, 7) is 0. The summed E-state index contributed by atoms with van der Waals surface area (Å²) in [6.07, 6.45) is 0. The SMILES string of the molecule is c1ccc(N(c2ccc(-c3cccc4c3oc3ccc5ccccc5c34)cc2)c2ccc(-c3cccc4c3oc3ccc5ccccc5c34)cc2)cc1. The van der Waals surface area contributed by atoms with Crippen LogP contribution in [0.4, 0.5) is 17.1 Å². The Hall–Kier alpha value is -7.10. The van der Waals surface area contributed by atoms with Crippen molar-refractivity contribution in [2.75, 3.05) is 4.90 Å². The van der Waals surface area contributed by atoms with E-state index < -0.39 is 0 Å². The second-order valence-corrected chi connectivity index (χ2v) is 13.7. The van der Waals surface area contributed by atoms with Crippen LogP contribution in [0.15, 0.2) is 197 Å². The Morgan fingerprint density at radius 2 is 0.717 bits per heavy atom. The van der Waals surface area contributed by atoms with Gasteiger partial charge in [0.15, 0.2) is 0 Å². The van der Waals surface area contributed by atoms with Crippen LogP contribution in [-0.2, 0) is 0 Å². The van der Waals surface area contributed by atoms with Crippen molar-refractivity contribution in [2.24, 2.45) is 0 Å². The van der Waals surface area contributed by atoms with Gasteiger partial charge in [-0.3, -0.25) is 0 Å². The summed E-state index contributed by atoms with van der Waals surface area (Å²) in [4.78, 5) is 2.30. The van der Waals surface area contributed by atoms with Crippen molar-refractivity contribution < 1.29 is 8.83 Å². The largest absolute Gasteiger partial charge is 0.455 e. The molecule has 9 aromatic carbocycles. The van der Waals surface area contributed by atoms with Crippen LogP contribution < -0.4 is 4.90 Å². The number of fused-ring (bicyclic) bond motifs is 10. The molecule has 0 N–H and O–H groups in total. The number of rotatable bonds is 5. The normalized spacial score (nSPS) is 11.8. The lowest BCUT2D eigenvalue weighted by Crippen LogP contribution is -2.09. The summed E-state index contributed by atoms with van der Waals surface area (Å²) in [7, 11) is 0. The van der Waals surface area contributed by atoms with Crippen LogP contribution in [0.5, 0.6) is 0 Å². The van der Waals surface area contributed by atoms with Gasteiger partial charge in [-0.25, -0.2) is 0 Å². The molecule has 11 aromatic rings. The zero-order valence-corrected chi connectivity index (χ0v) is 28.7. The molecule has 0 amide bonds. The molecule has 0 saturated heterocycles. The Kier molecular flexibility index (Phi) is 6.55. The molecular formula is C50H31NO2. The van der Waals surface area contributed by atoms with Crippen molar-refractivity contribution in [1.29, 1.82) is 0 Å². The van der Waals surface area contributed by atoms with Crippen molar-refractivity contribution in [1.82, 2.24) is 0 Å². The Balaban J connectivity index is 0.984. The number of para-hydroxylation sites is 3. The molecule has 3 nitrogen and oxygen atoms in total. The van der Waals surface area contributed by atoms with Gasteiger partial charge < -0.3 is 13.7 Å². The van der Waals surface area contributed by atoms with Gasteiger partial charge in [-0.1, -0.05) is 140 Å². The van der Waals surface area contributed by atoms with E-state index in [1.165, 1.54) is 32.3 Å². The summed E-state index contributed by atoms with van der Waals surface area (Å²) in [6, 6.07) is 66.5. The number of nitrogens with zero attached hydrogens (tertiary/aromatic N) is 1. The van der Waals surface area contributed by atoms with Gasteiger partial charge in [0.25, 0.3) is 0 Å². The van der Waals surface area contributed by atoms with E-state index >= 15 is 0 Å². The Bertz CT molecular complexity index is 2960. The molecule has 0 atom stereocenters. The first-order valence-electron chi connectivity index (χ1n) is 18.0. The fourth-order valence-electron chi connectivity index (χ4n) is 8.20. The summed E-state index contributed by atoms with van der Waals surface area (Å²) in [5, 5.41) is 9.46. The van der Waals surface area contributed by atoms with Gasteiger partial charge >= 0.3 is 0 Å². The fraction of sp³-hybridized carbons (Fsp3) is 0. The van der Waals surface area contributed by atoms with Crippen molar-refractivity contribution in [3.63, 3.8) is 0 Å². The van der Waals surface area contributed by atoms with Crippen LogP contribution in [-0.4, -0.2) is 0 Å². The smallest absolute Gasteiger partial charge is 0.143 e. The second kappa shape index (κ2) is 11.7. The number of hydrogen-bond donors (Lipinski definition) is 0. The molecular weight excluding hydrogens is 647 g/mol. The van der Waals surface area contributed by atoms with Crippen molar-refractivity contribution in [3.05, 3.63) is 188 Å². The number of benzene rings is 9. The molecule has 53 heavy (non-hydrogen) atoms. The van der Waals surface area contributed by atoms with Gasteiger partial charge in [0, 0.05) is 49.7 Å². The molecule has 2 aromatic heterocycles. The second-order valence-electron chi connectivity index (χ2n) is 13.7. The molecule has 0 bridgehead atoms. The molecule has 0 unspecified atom stereocenters. The van der Waals surface area contributed by atoms with Crippen LogP contribution in [0.1, 0.15) is 0 Å². The molecule has 11 rings (SSSR count). The van der Waals surface area contributed by atoms with E-state index in [9.17, 15) is 0 Å². The summed E-state index contributed by atoms with van der Waals surface area (Å²) in [5.41, 5.74) is 11.3. The molecule has 0 aliphatic heterocycles. The van der Waals surface area contributed by atoms with Gasteiger partial charge in [0.2, 0.25) is 0 Å². The summed E-state index contributed by atoms with van der Waals surface area (Å²) >= 11 is 0. The third-order valence-electron chi connectivity index (χ3n) is 10.7. The highest BCUT2D eigenvalue weighted by atomic mass is 16.3. The van der Waals surface area contributed by atoms with Crippen LogP contribution in [0.2, 0.25) is 0 Å². The van der Waals surface area contributed by atoms with Crippen molar-refractivity contribution in [2.45, 2.75) is 0 Å². The summed E-state index contributed by atoms with van der Waals surface area (Å²) in [5.74, 6) is 0. The number of furan rings is 2. The zero-order chi connectivity index (χ0) is 34.9. The number of hydrogen-bond acceptors (Lipinski definition) is 3. The Morgan fingerprint density at radius 3 is 1.21 bits per heavy atom. The highest BCUT2D eigenvalue weighted by molar-refractivity contribution is 6.21. The molecule has 0 spiro atoms. The average molecular weight is 678 g/mol. The van der Waals surface area contributed by atoms with Gasteiger partial charge in [-0.15, -0.1) is 0 Å². The lowest BCUT2D eigenvalue weighted by molar-refractivity contribution is 0.670. The molecule has 248 valence electrons. The van der Waals surface area contributed by atoms with Gasteiger partial charge in [0.05, 0.1) is 0 Å². The van der Waals surface area contributed by atoms with Gasteiger partial charge in [-0.2, -0.15) is 0 Å². The van der Waals surface area contributed by atoms with E-state index in [-0.39, 0.29) is 0 Å². The van der Waals surface area contributed by atoms with E-state index in [1.807, 2.05) is 0 Å². The molecule has 0 aliphatic carbocycles. The minimum absolute atomic E-state index is 0.909. The molecule has 0 radical (unpaired) electrons. The maximum Gasteiger partial charge on any atom is 0.143 e. The van der Waals surface area contributed by atoms with E-state index in [0.717, 1.165) is 72.4 Å². The van der Waals surface area contributed by atoms with E-state index in [2.05, 4.69) is 193 Å². The fourth-order valence-corrected chi connectivity index (χ4v) is 8.20. The Labute approximate surface area is 305 Å². The zero-order valence-electron chi connectivity index (χ0n) is 28.7. The first-order valence-corrected chi connectivity index (χ1v) is 18.0. The minimum Gasteiger partial charge on any atom is -0.455 e. The van der Waals surface area contributed by atoms with Crippen molar-refractivity contribution in [3.8, 4) is 22.3 Å². The van der Waals surface area contributed by atoms with Gasteiger partial charge in [0.1, 0.15) is 22.3 Å². The summed E-state index contributed by atoms with van der Waals surface area (Å²) < 4.78 is 13.1. The van der Waals surface area contributed by atoms with E-state index in [0.29, 0.717) is 0 Å². The van der Waals surface area contributed by atoms with Crippen LogP contribution in [0.3, 0.4) is 0 Å². The first-order chi connectivity index (χ1) is 26.3. The predicted octanol–water partition coefficient (Wildman–Crippen LogP) is 14.6. The lowest BCUT2D eigenvalue weighted by Gasteiger charge is -2.26. The molecule has 0 aliphatic rings. The van der Waals surface area contributed by atoms with E-state index in [4.69, 9.17) is 8.83 Å². The standard InChI is InChI=1S/C50H31NO2/c1-2-12-36(13-3-1)51(37-26-20-34(21-27-37)41-16-8-18-43-47-39-14-6-4-10-32(39)24-30-45(47)52-49(41)43)38-28-22-35(23-29-38)42-17-9-19-44-48-40-15-7-5-11-33(40)25-31-46(48)53-50(42)44/h1-31H. The topological polar surface area (TPSA) is 29.5 Å². The predicted molar refractivity (Wildman–Crippen MR) is 222 cm³/mol. The lowest BCUT2D eigenvalue weighted by atomic mass is 9.99. The maximum absolute atomic E-state index is 6.56. The molecule has 0 fully saturated rings. The highest BCUT2D eigenvalue weighted by Gasteiger charge is 2.18. The van der Waals surface area contributed by atoms with Gasteiger partial charge in [-0.05, 0) is 81.2 Å². The molecule has 2 heterocycles. The quantitative estimate of drug-likeness (QED) is 0.182. The number of anilines is 3. The highest BCUT2D eigenvalue weighted by Crippen LogP contribution is 2.43. The van der Waals surface area contributed by atoms with Crippen LogP contribution in [0, 0.1) is 0 Å². The molecule has 3 heteroatoms. The minimum atomic E-state index is 0.909. The maximum atomic E-state index is 6.56. The van der Waals surface area contributed by atoms with Crippen molar-refractivity contribution >= 4 is 82.5 Å². The van der Waals surface area contributed by atoms with Crippen LogP contribution >= 0.6 is 0 Å². The van der Waals surface area contributed by atoms with E-state index in [1.54, 1.807) is 0 Å². The first kappa shape index (κ1) is 29.6. The monoisotopic (exact) mass is 677 g/mol. The average Bonchev–Trinajstić information content (AvgIpc) is 3.81. The van der Waals surface area contributed by atoms with Crippen LogP contribution in [0.25, 0.3) is 87.7 Å². The molecule has 0 saturated carbocycles. The third-order valence-corrected chi connectivity index (χ3v) is 10.7. The Morgan fingerprint density at radius 1 is 0.302 bits per heavy atom.